The molecule has 0 aliphatic carbocycles. The first-order valence-electron chi connectivity index (χ1n) is 10.8. The number of thioether (sulfide) groups is 1. The maximum Gasteiger partial charge on any atom is 0.337 e. The van der Waals surface area contributed by atoms with Crippen LogP contribution in [0.5, 0.6) is 0 Å². The van der Waals surface area contributed by atoms with Crippen LogP contribution in [-0.4, -0.2) is 57.1 Å². The van der Waals surface area contributed by atoms with E-state index < -0.39 is 40.4 Å². The number of fused-ring (bicyclic) bond motifs is 1. The summed E-state index contributed by atoms with van der Waals surface area (Å²) in [4.78, 5) is 51.9. The fourth-order valence-corrected chi connectivity index (χ4v) is 6.10. The topological polar surface area (TPSA) is 128 Å². The number of hydrogen-bond donors (Lipinski definition) is 2. The molecule has 3 heterocycles. The third-order valence-corrected chi connectivity index (χ3v) is 7.85. The first-order chi connectivity index (χ1) is 15.5. The van der Waals surface area contributed by atoms with Gasteiger partial charge < -0.3 is 25.4 Å². The molecule has 1 aromatic carbocycles. The van der Waals surface area contributed by atoms with Crippen molar-refractivity contribution in [1.29, 1.82) is 0 Å². The SMILES string of the molecule is CCC1=C(C)C(=O)OC1OC(=O)[C@@H]1N2C(=O)C(NC(=O)Cc3ccccc3N)[C@H]2SC1(C)C. The summed E-state index contributed by atoms with van der Waals surface area (Å²) in [5, 5.41) is 2.38. The van der Waals surface area contributed by atoms with E-state index in [1.165, 1.54) is 16.7 Å². The molecule has 2 saturated heterocycles. The van der Waals surface area contributed by atoms with E-state index >= 15 is 0 Å². The first-order valence-corrected chi connectivity index (χ1v) is 11.7. The highest BCUT2D eigenvalue weighted by Crippen LogP contribution is 2.51. The summed E-state index contributed by atoms with van der Waals surface area (Å²) in [6.07, 6.45) is -0.511. The molecule has 2 unspecified atom stereocenters. The van der Waals surface area contributed by atoms with Crippen LogP contribution in [0.1, 0.15) is 39.7 Å². The molecule has 0 radical (unpaired) electrons. The van der Waals surface area contributed by atoms with Gasteiger partial charge in [-0.3, -0.25) is 9.59 Å². The fraction of sp³-hybridized carbons (Fsp3) is 0.478. The molecule has 176 valence electrons. The van der Waals surface area contributed by atoms with Crippen LogP contribution in [0.4, 0.5) is 5.69 Å². The van der Waals surface area contributed by atoms with Crippen molar-refractivity contribution in [3.63, 3.8) is 0 Å². The zero-order valence-corrected chi connectivity index (χ0v) is 19.7. The quantitative estimate of drug-likeness (QED) is 0.362. The van der Waals surface area contributed by atoms with Crippen LogP contribution in [0, 0.1) is 0 Å². The number of β-lactam (4-membered cyclic amide) rings is 1. The number of carbonyl (C=O) groups excluding carboxylic acids is 4. The summed E-state index contributed by atoms with van der Waals surface area (Å²) in [5.41, 5.74) is 8.16. The second-order valence-electron chi connectivity index (χ2n) is 8.86. The van der Waals surface area contributed by atoms with Crippen LogP contribution in [0.2, 0.25) is 0 Å². The van der Waals surface area contributed by atoms with Gasteiger partial charge in [0, 0.05) is 21.6 Å². The predicted octanol–water partition coefficient (Wildman–Crippen LogP) is 1.51. The Morgan fingerprint density at radius 2 is 1.97 bits per heavy atom. The lowest BCUT2D eigenvalue weighted by molar-refractivity contribution is -0.183. The number of carbonyl (C=O) groups is 4. The number of nitrogens with two attached hydrogens (primary N) is 1. The number of esters is 2. The number of nitrogen functional groups attached to an aromatic ring is 1. The third-order valence-electron chi connectivity index (χ3n) is 6.28. The summed E-state index contributed by atoms with van der Waals surface area (Å²) in [6.45, 7) is 7.18. The molecule has 1 aromatic rings. The Hall–Kier alpha value is -3.01. The average molecular weight is 474 g/mol. The normalized spacial score (nSPS) is 27.7. The van der Waals surface area contributed by atoms with Crippen LogP contribution in [0.25, 0.3) is 0 Å². The number of rotatable bonds is 6. The Kier molecular flexibility index (Phi) is 5.90. The molecule has 3 N–H and O–H groups in total. The van der Waals surface area contributed by atoms with Gasteiger partial charge in [-0.15, -0.1) is 11.8 Å². The van der Waals surface area contributed by atoms with E-state index in [4.69, 9.17) is 15.2 Å². The van der Waals surface area contributed by atoms with Crippen molar-refractivity contribution in [2.45, 2.75) is 69.0 Å². The number of para-hydroxylation sites is 1. The van der Waals surface area contributed by atoms with Gasteiger partial charge in [0.15, 0.2) is 0 Å². The number of nitrogens with one attached hydrogen (secondary N) is 1. The molecule has 33 heavy (non-hydrogen) atoms. The van der Waals surface area contributed by atoms with Gasteiger partial charge in [0.2, 0.25) is 11.8 Å². The lowest BCUT2D eigenvalue weighted by Gasteiger charge is -2.44. The summed E-state index contributed by atoms with van der Waals surface area (Å²) < 4.78 is 10.1. The van der Waals surface area contributed by atoms with Crippen molar-refractivity contribution >= 4 is 41.2 Å². The summed E-state index contributed by atoms with van der Waals surface area (Å²) in [6, 6.07) is 5.46. The van der Waals surface area contributed by atoms with Gasteiger partial charge in [0.25, 0.3) is 6.29 Å². The molecule has 0 bridgehead atoms. The van der Waals surface area contributed by atoms with Gasteiger partial charge in [0.05, 0.1) is 6.42 Å². The number of ether oxygens (including phenoxy) is 2. The molecule has 4 atom stereocenters. The van der Waals surface area contributed by atoms with E-state index in [1.807, 2.05) is 20.8 Å². The lowest BCUT2D eigenvalue weighted by atomic mass is 9.95. The lowest BCUT2D eigenvalue weighted by Crippen LogP contribution is -2.71. The molecule has 9 nitrogen and oxygen atoms in total. The van der Waals surface area contributed by atoms with E-state index in [2.05, 4.69) is 5.32 Å². The molecule has 2 fully saturated rings. The Morgan fingerprint density at radius 1 is 1.27 bits per heavy atom. The Bertz CT molecular complexity index is 1070. The Balaban J connectivity index is 1.43. The number of amides is 2. The van der Waals surface area contributed by atoms with E-state index in [9.17, 15) is 19.2 Å². The molecular formula is C23H27N3O6S. The van der Waals surface area contributed by atoms with Crippen molar-refractivity contribution in [3.8, 4) is 0 Å². The van der Waals surface area contributed by atoms with Crippen molar-refractivity contribution in [2.24, 2.45) is 0 Å². The highest BCUT2D eigenvalue weighted by molar-refractivity contribution is 8.01. The fourth-order valence-electron chi connectivity index (χ4n) is 4.48. The van der Waals surface area contributed by atoms with Crippen molar-refractivity contribution in [1.82, 2.24) is 10.2 Å². The molecule has 0 aromatic heterocycles. The van der Waals surface area contributed by atoms with Crippen molar-refractivity contribution < 1.29 is 28.7 Å². The second kappa shape index (κ2) is 8.40. The number of nitrogens with zero attached hydrogens (tertiary/aromatic N) is 1. The van der Waals surface area contributed by atoms with Gasteiger partial charge in [-0.2, -0.15) is 0 Å². The van der Waals surface area contributed by atoms with Crippen LogP contribution < -0.4 is 11.1 Å². The summed E-state index contributed by atoms with van der Waals surface area (Å²) >= 11 is 1.43. The molecule has 2 amide bonds. The number of cyclic esters (lactones) is 1. The monoisotopic (exact) mass is 473 g/mol. The van der Waals surface area contributed by atoms with Crippen LogP contribution >= 0.6 is 11.8 Å². The van der Waals surface area contributed by atoms with E-state index in [0.717, 1.165) is 0 Å². The molecule has 3 aliphatic heterocycles. The van der Waals surface area contributed by atoms with Gasteiger partial charge in [-0.25, -0.2) is 9.59 Å². The number of anilines is 1. The minimum atomic E-state index is -1.07. The van der Waals surface area contributed by atoms with Crippen LogP contribution in [-0.2, 0) is 35.1 Å². The van der Waals surface area contributed by atoms with Gasteiger partial charge >= 0.3 is 11.9 Å². The molecular weight excluding hydrogens is 446 g/mol. The van der Waals surface area contributed by atoms with Crippen LogP contribution in [0.3, 0.4) is 0 Å². The zero-order valence-electron chi connectivity index (χ0n) is 18.9. The van der Waals surface area contributed by atoms with Gasteiger partial charge in [0.1, 0.15) is 17.5 Å². The predicted molar refractivity (Wildman–Crippen MR) is 122 cm³/mol. The summed E-state index contributed by atoms with van der Waals surface area (Å²) in [7, 11) is 0. The number of benzene rings is 1. The molecule has 4 rings (SSSR count). The maximum absolute atomic E-state index is 13.1. The molecule has 0 saturated carbocycles. The highest BCUT2D eigenvalue weighted by atomic mass is 32.2. The number of hydrogen-bond acceptors (Lipinski definition) is 8. The first kappa shape index (κ1) is 23.2. The smallest absolute Gasteiger partial charge is 0.337 e. The van der Waals surface area contributed by atoms with Crippen molar-refractivity contribution in [3.05, 3.63) is 41.0 Å². The Labute approximate surface area is 196 Å². The summed E-state index contributed by atoms with van der Waals surface area (Å²) in [5.74, 6) is -1.81. The highest BCUT2D eigenvalue weighted by Gasteiger charge is 2.64. The zero-order chi connectivity index (χ0) is 24.1. The maximum atomic E-state index is 13.1. The van der Waals surface area contributed by atoms with Gasteiger partial charge in [-0.05, 0) is 38.8 Å². The largest absolute Gasteiger partial charge is 0.419 e. The molecule has 0 spiro atoms. The van der Waals surface area contributed by atoms with E-state index in [0.29, 0.717) is 28.8 Å². The minimum absolute atomic E-state index is 0.0568. The van der Waals surface area contributed by atoms with Gasteiger partial charge in [-0.1, -0.05) is 25.1 Å². The average Bonchev–Trinajstić information content (AvgIpc) is 3.17. The molecule has 3 aliphatic rings. The van der Waals surface area contributed by atoms with Crippen molar-refractivity contribution in [2.75, 3.05) is 5.73 Å². The minimum Gasteiger partial charge on any atom is -0.419 e. The Morgan fingerprint density at radius 3 is 2.64 bits per heavy atom. The second-order valence-corrected chi connectivity index (χ2v) is 10.6. The molecule has 10 heteroatoms. The van der Waals surface area contributed by atoms with Crippen LogP contribution in [0.15, 0.2) is 35.4 Å². The third kappa shape index (κ3) is 3.96. The standard InChI is InChI=1S/C23H27N3O6S/c1-5-13-11(2)20(29)31-22(13)32-21(30)17-23(3,4)33-19-16(18(28)26(17)19)25-15(27)10-12-8-6-7-9-14(12)24/h6-9,16-17,19,22H,5,10,24H2,1-4H3,(H,25,27)/t16?,17-,19+,22?/m0/s1. The van der Waals surface area contributed by atoms with E-state index in [1.54, 1.807) is 31.2 Å². The van der Waals surface area contributed by atoms with E-state index in [-0.39, 0.29) is 18.2 Å².